The van der Waals surface area contributed by atoms with Gasteiger partial charge in [-0.2, -0.15) is 5.10 Å². The molecule has 0 aliphatic rings. The van der Waals surface area contributed by atoms with Crippen molar-refractivity contribution in [2.24, 2.45) is 0 Å². The van der Waals surface area contributed by atoms with Crippen molar-refractivity contribution in [1.29, 1.82) is 0 Å². The summed E-state index contributed by atoms with van der Waals surface area (Å²) in [6, 6.07) is 0. The number of aliphatic hydroxyl groups is 1. The molecule has 0 saturated carbocycles. The summed E-state index contributed by atoms with van der Waals surface area (Å²) in [6.07, 6.45) is 1.56. The van der Waals surface area contributed by atoms with E-state index in [1.54, 1.807) is 0 Å². The number of nitrogens with one attached hydrogen (secondary N) is 1. The van der Waals surface area contributed by atoms with Crippen molar-refractivity contribution < 1.29 is 14.6 Å². The number of ether oxygens (including phenoxy) is 1. The molecule has 5 heteroatoms. The Kier molecular flexibility index (Phi) is 2.22. The van der Waals surface area contributed by atoms with Crippen molar-refractivity contribution in [3.05, 3.63) is 18.0 Å². The third-order valence-corrected chi connectivity index (χ3v) is 1.26. The molecule has 0 fully saturated rings. The van der Waals surface area contributed by atoms with E-state index in [0.717, 1.165) is 0 Å². The van der Waals surface area contributed by atoms with Gasteiger partial charge >= 0.3 is 5.97 Å². The second kappa shape index (κ2) is 3.16. The molecule has 0 radical (unpaired) electrons. The topological polar surface area (TPSA) is 75.2 Å². The van der Waals surface area contributed by atoms with Crippen molar-refractivity contribution in [2.75, 3.05) is 7.11 Å². The molecule has 0 aromatic carbocycles. The lowest BCUT2D eigenvalue weighted by Gasteiger charge is -2.03. The Labute approximate surface area is 63.0 Å². The fourth-order valence-electron chi connectivity index (χ4n) is 0.658. The van der Waals surface area contributed by atoms with E-state index in [2.05, 4.69) is 14.9 Å². The predicted molar refractivity (Wildman–Crippen MR) is 35.6 cm³/mol. The fourth-order valence-corrected chi connectivity index (χ4v) is 0.658. The maximum Gasteiger partial charge on any atom is 0.339 e. The lowest BCUT2D eigenvalue weighted by atomic mass is 10.2. The number of methoxy groups -OCH3 is 1. The molecule has 2 N–H and O–H groups in total. The van der Waals surface area contributed by atoms with Gasteiger partial charge in [0, 0.05) is 11.8 Å². The zero-order valence-electron chi connectivity index (χ0n) is 5.94. The van der Waals surface area contributed by atoms with Gasteiger partial charge in [-0.15, -0.1) is 0 Å². The fraction of sp³-hybridized carbons (Fsp3) is 0.333. The second-order valence-corrected chi connectivity index (χ2v) is 1.96. The van der Waals surface area contributed by atoms with E-state index in [1.807, 2.05) is 0 Å². The van der Waals surface area contributed by atoms with Gasteiger partial charge in [0.05, 0.1) is 13.3 Å². The highest BCUT2D eigenvalue weighted by Gasteiger charge is 2.17. The van der Waals surface area contributed by atoms with Crippen LogP contribution in [0.2, 0.25) is 0 Å². The zero-order chi connectivity index (χ0) is 8.27. The van der Waals surface area contributed by atoms with Crippen LogP contribution < -0.4 is 0 Å². The molecule has 1 aromatic heterocycles. The Balaban J connectivity index is 2.70. The highest BCUT2D eigenvalue weighted by Crippen LogP contribution is 2.10. The monoisotopic (exact) mass is 156 g/mol. The molecule has 1 unspecified atom stereocenters. The first-order valence-corrected chi connectivity index (χ1v) is 3.00. The Bertz CT molecular complexity index is 232. The molecule has 60 valence electrons. The molecule has 0 aliphatic heterocycles. The van der Waals surface area contributed by atoms with E-state index in [4.69, 9.17) is 5.11 Å². The molecule has 0 aliphatic carbocycles. The van der Waals surface area contributed by atoms with Crippen LogP contribution in [0.25, 0.3) is 0 Å². The van der Waals surface area contributed by atoms with Crippen molar-refractivity contribution >= 4 is 5.97 Å². The molecule has 0 saturated heterocycles. The number of esters is 1. The molecule has 0 bridgehead atoms. The van der Waals surface area contributed by atoms with Gasteiger partial charge in [0.1, 0.15) is 0 Å². The van der Waals surface area contributed by atoms with Crippen LogP contribution in [-0.2, 0) is 9.53 Å². The summed E-state index contributed by atoms with van der Waals surface area (Å²) in [7, 11) is 1.21. The largest absolute Gasteiger partial charge is 0.467 e. The summed E-state index contributed by atoms with van der Waals surface area (Å²) < 4.78 is 4.31. The Morgan fingerprint density at radius 3 is 3.09 bits per heavy atom. The highest BCUT2D eigenvalue weighted by atomic mass is 16.5. The highest BCUT2D eigenvalue weighted by molar-refractivity contribution is 5.75. The van der Waals surface area contributed by atoms with E-state index in [-0.39, 0.29) is 0 Å². The number of nitrogens with zero attached hydrogens (tertiary/aromatic N) is 1. The number of H-pyrrole nitrogens is 1. The van der Waals surface area contributed by atoms with Crippen LogP contribution in [0.4, 0.5) is 0 Å². The van der Waals surface area contributed by atoms with Gasteiger partial charge in [-0.1, -0.05) is 0 Å². The first-order chi connectivity index (χ1) is 5.25. The minimum atomic E-state index is -1.24. The average molecular weight is 156 g/mol. The molecule has 5 nitrogen and oxygen atoms in total. The van der Waals surface area contributed by atoms with Gasteiger partial charge in [-0.05, 0) is 0 Å². The van der Waals surface area contributed by atoms with Gasteiger partial charge < -0.3 is 9.84 Å². The minimum absolute atomic E-state index is 0.400. The van der Waals surface area contributed by atoms with Crippen molar-refractivity contribution in [3.8, 4) is 0 Å². The first-order valence-electron chi connectivity index (χ1n) is 3.00. The normalized spacial score (nSPS) is 12.5. The molecule has 0 amide bonds. The van der Waals surface area contributed by atoms with E-state index >= 15 is 0 Å². The smallest absolute Gasteiger partial charge is 0.339 e. The summed E-state index contributed by atoms with van der Waals surface area (Å²) in [5.74, 6) is -0.689. The third-order valence-electron chi connectivity index (χ3n) is 1.26. The van der Waals surface area contributed by atoms with Crippen LogP contribution in [-0.4, -0.2) is 28.4 Å². The number of aromatic amines is 1. The lowest BCUT2D eigenvalue weighted by Crippen LogP contribution is -2.12. The van der Waals surface area contributed by atoms with E-state index in [0.29, 0.717) is 5.56 Å². The molecule has 1 rings (SSSR count). The van der Waals surface area contributed by atoms with Crippen molar-refractivity contribution in [3.63, 3.8) is 0 Å². The van der Waals surface area contributed by atoms with Crippen LogP contribution in [0.15, 0.2) is 12.4 Å². The minimum Gasteiger partial charge on any atom is -0.467 e. The summed E-state index contributed by atoms with van der Waals surface area (Å²) in [5.41, 5.74) is 0.400. The maximum atomic E-state index is 10.7. The average Bonchev–Trinajstić information content (AvgIpc) is 2.53. The van der Waals surface area contributed by atoms with Gasteiger partial charge in [-0.3, -0.25) is 5.10 Å². The van der Waals surface area contributed by atoms with Crippen LogP contribution in [0.3, 0.4) is 0 Å². The third kappa shape index (κ3) is 1.56. The number of carbonyl (C=O) groups is 1. The second-order valence-electron chi connectivity index (χ2n) is 1.96. The van der Waals surface area contributed by atoms with Crippen LogP contribution >= 0.6 is 0 Å². The number of aliphatic hydroxyl groups excluding tert-OH is 1. The van der Waals surface area contributed by atoms with Gasteiger partial charge in [0.15, 0.2) is 6.10 Å². The van der Waals surface area contributed by atoms with Crippen LogP contribution in [0, 0.1) is 0 Å². The van der Waals surface area contributed by atoms with E-state index in [1.165, 1.54) is 19.5 Å². The number of hydrogen-bond acceptors (Lipinski definition) is 4. The number of carbonyl (C=O) groups excluding carboxylic acids is 1. The number of hydrogen-bond donors (Lipinski definition) is 2. The van der Waals surface area contributed by atoms with Gasteiger partial charge in [0.2, 0.25) is 0 Å². The molecule has 1 atom stereocenters. The van der Waals surface area contributed by atoms with Crippen molar-refractivity contribution in [1.82, 2.24) is 10.2 Å². The summed E-state index contributed by atoms with van der Waals surface area (Å²) in [4.78, 5) is 10.7. The molecular weight excluding hydrogens is 148 g/mol. The SMILES string of the molecule is COC(=O)C(O)c1cn[nH]c1. The quantitative estimate of drug-likeness (QED) is 0.572. The number of rotatable bonds is 2. The van der Waals surface area contributed by atoms with Crippen LogP contribution in [0.5, 0.6) is 0 Å². The summed E-state index contributed by atoms with van der Waals surface area (Å²) >= 11 is 0. The van der Waals surface area contributed by atoms with Gasteiger partial charge in [-0.25, -0.2) is 4.79 Å². The molecule has 0 spiro atoms. The summed E-state index contributed by atoms with van der Waals surface area (Å²) in [5, 5.41) is 15.2. The molecule has 11 heavy (non-hydrogen) atoms. The standard InChI is InChI=1S/C6H8N2O3/c1-11-6(10)5(9)4-2-7-8-3-4/h2-3,5,9H,1H3,(H,7,8). The molecule has 1 heterocycles. The molecule has 1 aromatic rings. The van der Waals surface area contributed by atoms with E-state index < -0.39 is 12.1 Å². The Morgan fingerprint density at radius 2 is 2.64 bits per heavy atom. The Morgan fingerprint density at radius 1 is 1.91 bits per heavy atom. The zero-order valence-corrected chi connectivity index (χ0v) is 5.94. The van der Waals surface area contributed by atoms with Gasteiger partial charge in [0.25, 0.3) is 0 Å². The summed E-state index contributed by atoms with van der Waals surface area (Å²) in [6.45, 7) is 0. The van der Waals surface area contributed by atoms with Crippen molar-refractivity contribution in [2.45, 2.75) is 6.10 Å². The number of aromatic nitrogens is 2. The predicted octanol–water partition coefficient (Wildman–Crippen LogP) is -0.384. The lowest BCUT2D eigenvalue weighted by molar-refractivity contribution is -0.150. The Hall–Kier alpha value is -1.36. The van der Waals surface area contributed by atoms with Crippen LogP contribution in [0.1, 0.15) is 11.7 Å². The molecular formula is C6H8N2O3. The maximum absolute atomic E-state index is 10.7. The first kappa shape index (κ1) is 7.74. The van der Waals surface area contributed by atoms with E-state index in [9.17, 15) is 4.79 Å².